The zero-order chi connectivity index (χ0) is 15.2. The smallest absolute Gasteiger partial charge is 0.207 e. The second-order valence-corrected chi connectivity index (χ2v) is 6.60. The quantitative estimate of drug-likeness (QED) is 0.617. The van der Waals surface area contributed by atoms with Gasteiger partial charge in [-0.05, 0) is 44.6 Å². The number of nitrogens with zero attached hydrogens (tertiary/aromatic N) is 1. The summed E-state index contributed by atoms with van der Waals surface area (Å²) in [6.07, 6.45) is 6.94. The fourth-order valence-electron chi connectivity index (χ4n) is 1.56. The van der Waals surface area contributed by atoms with Crippen molar-refractivity contribution in [2.75, 3.05) is 13.1 Å². The molecule has 0 bridgehead atoms. The van der Waals surface area contributed by atoms with Gasteiger partial charge in [0.15, 0.2) is 0 Å². The number of rotatable bonds is 5. The molecule has 0 fully saturated rings. The van der Waals surface area contributed by atoms with Crippen LogP contribution in [0.3, 0.4) is 0 Å². The van der Waals surface area contributed by atoms with Crippen LogP contribution >= 0.6 is 0 Å². The largest absolute Gasteiger partial charge is 0.244 e. The van der Waals surface area contributed by atoms with Gasteiger partial charge in [0, 0.05) is 6.54 Å². The summed E-state index contributed by atoms with van der Waals surface area (Å²) in [6, 6.07) is 6.73. The van der Waals surface area contributed by atoms with Crippen molar-refractivity contribution in [3.05, 3.63) is 47.2 Å². The predicted octanol–water partition coefficient (Wildman–Crippen LogP) is 2.74. The molecule has 0 N–H and O–H groups in total. The standard InChI is InChI=1S/C16H19NO2S/c1-5-12-17(13-6-7-14(2)3)20(18,19)16-10-8-15(4)9-11-16/h1,6,8-11H,12-13H2,2-4H3. The molecular weight excluding hydrogens is 270 g/mol. The molecule has 0 saturated heterocycles. The highest BCUT2D eigenvalue weighted by molar-refractivity contribution is 7.89. The first-order chi connectivity index (χ1) is 9.37. The number of terminal acetylenes is 1. The summed E-state index contributed by atoms with van der Waals surface area (Å²) >= 11 is 0. The minimum atomic E-state index is -3.57. The maximum Gasteiger partial charge on any atom is 0.244 e. The third-order valence-electron chi connectivity index (χ3n) is 2.61. The van der Waals surface area contributed by atoms with E-state index < -0.39 is 10.0 Å². The molecule has 0 radical (unpaired) electrons. The van der Waals surface area contributed by atoms with Crippen LogP contribution in [-0.2, 0) is 10.0 Å². The normalized spacial score (nSPS) is 10.8. The lowest BCUT2D eigenvalue weighted by molar-refractivity contribution is 0.478. The lowest BCUT2D eigenvalue weighted by Crippen LogP contribution is -2.31. The van der Waals surface area contributed by atoms with Crippen molar-refractivity contribution < 1.29 is 8.42 Å². The molecule has 106 valence electrons. The van der Waals surface area contributed by atoms with E-state index in [1.54, 1.807) is 30.3 Å². The number of aryl methyl sites for hydroxylation is 1. The van der Waals surface area contributed by atoms with E-state index in [4.69, 9.17) is 6.42 Å². The second kappa shape index (κ2) is 7.12. The number of hydrogen-bond acceptors (Lipinski definition) is 2. The van der Waals surface area contributed by atoms with E-state index in [2.05, 4.69) is 11.7 Å². The van der Waals surface area contributed by atoms with Crippen LogP contribution in [0.1, 0.15) is 19.4 Å². The minimum absolute atomic E-state index is 0.0388. The van der Waals surface area contributed by atoms with Crippen LogP contribution < -0.4 is 0 Å². The van der Waals surface area contributed by atoms with Crippen molar-refractivity contribution in [2.24, 2.45) is 0 Å². The molecule has 0 atom stereocenters. The van der Waals surface area contributed by atoms with Gasteiger partial charge in [0.2, 0.25) is 10.0 Å². The summed E-state index contributed by atoms with van der Waals surface area (Å²) in [5, 5.41) is 0. The first-order valence-electron chi connectivity index (χ1n) is 6.26. The summed E-state index contributed by atoms with van der Waals surface area (Å²) in [6.45, 7) is 5.96. The van der Waals surface area contributed by atoms with Crippen LogP contribution in [0, 0.1) is 19.3 Å². The summed E-state index contributed by atoms with van der Waals surface area (Å²) < 4.78 is 26.2. The number of sulfonamides is 1. The summed E-state index contributed by atoms with van der Waals surface area (Å²) in [5.74, 6) is 2.39. The average molecular weight is 289 g/mol. The third-order valence-corrected chi connectivity index (χ3v) is 4.44. The zero-order valence-electron chi connectivity index (χ0n) is 12.1. The second-order valence-electron chi connectivity index (χ2n) is 4.66. The molecule has 1 aromatic rings. The molecule has 0 aromatic heterocycles. The van der Waals surface area contributed by atoms with E-state index in [1.165, 1.54) is 4.31 Å². The first-order valence-corrected chi connectivity index (χ1v) is 7.70. The number of benzene rings is 1. The van der Waals surface area contributed by atoms with Gasteiger partial charge in [0.25, 0.3) is 0 Å². The molecular formula is C16H19NO2S. The Balaban J connectivity index is 3.09. The third kappa shape index (κ3) is 4.40. The molecule has 0 aliphatic rings. The Morgan fingerprint density at radius 1 is 1.30 bits per heavy atom. The Hall–Kier alpha value is -1.79. The highest BCUT2D eigenvalue weighted by atomic mass is 32.2. The fraction of sp³-hybridized carbons (Fsp3) is 0.312. The van der Waals surface area contributed by atoms with Gasteiger partial charge in [-0.2, -0.15) is 4.31 Å². The Morgan fingerprint density at radius 2 is 1.90 bits per heavy atom. The van der Waals surface area contributed by atoms with Crippen molar-refractivity contribution in [2.45, 2.75) is 25.7 Å². The van der Waals surface area contributed by atoms with E-state index in [-0.39, 0.29) is 18.0 Å². The molecule has 0 heterocycles. The van der Waals surface area contributed by atoms with E-state index in [0.29, 0.717) is 0 Å². The first kappa shape index (κ1) is 16.3. The minimum Gasteiger partial charge on any atom is -0.207 e. The predicted molar refractivity (Wildman–Crippen MR) is 81.7 cm³/mol. The maximum atomic E-state index is 12.5. The summed E-state index contributed by atoms with van der Waals surface area (Å²) in [7, 11) is -3.57. The molecule has 1 aromatic carbocycles. The van der Waals surface area contributed by atoms with E-state index >= 15 is 0 Å². The van der Waals surface area contributed by atoms with Crippen molar-refractivity contribution in [3.8, 4) is 12.3 Å². The fourth-order valence-corrected chi connectivity index (χ4v) is 2.85. The molecule has 1 rings (SSSR count). The van der Waals surface area contributed by atoms with Gasteiger partial charge >= 0.3 is 0 Å². The van der Waals surface area contributed by atoms with Crippen molar-refractivity contribution in [3.63, 3.8) is 0 Å². The van der Waals surface area contributed by atoms with E-state index in [9.17, 15) is 8.42 Å². The van der Waals surface area contributed by atoms with Crippen LogP contribution in [0.2, 0.25) is 0 Å². The molecule has 0 aliphatic carbocycles. The Kier molecular flexibility index (Phi) is 5.79. The average Bonchev–Trinajstić information content (AvgIpc) is 2.38. The van der Waals surface area contributed by atoms with Gasteiger partial charge in [-0.1, -0.05) is 23.6 Å². The van der Waals surface area contributed by atoms with Gasteiger partial charge in [0.1, 0.15) is 0 Å². The van der Waals surface area contributed by atoms with Crippen molar-refractivity contribution >= 4 is 10.0 Å². The van der Waals surface area contributed by atoms with Crippen LogP contribution in [0.4, 0.5) is 0 Å². The summed E-state index contributed by atoms with van der Waals surface area (Å²) in [5.41, 5.74) is 4.98. The zero-order valence-corrected chi connectivity index (χ0v) is 12.9. The Bertz CT molecular complexity index is 653. The Labute approximate surface area is 121 Å². The van der Waals surface area contributed by atoms with E-state index in [0.717, 1.165) is 11.1 Å². The topological polar surface area (TPSA) is 37.4 Å². The van der Waals surface area contributed by atoms with Crippen LogP contribution in [0.25, 0.3) is 0 Å². The highest BCUT2D eigenvalue weighted by Gasteiger charge is 2.22. The number of hydrogen-bond donors (Lipinski definition) is 0. The molecule has 0 amide bonds. The SMILES string of the molecule is C#CCN(CC=C=C(C)C)S(=O)(=O)c1ccc(C)cc1. The van der Waals surface area contributed by atoms with Crippen molar-refractivity contribution in [1.82, 2.24) is 4.31 Å². The molecule has 4 heteroatoms. The van der Waals surface area contributed by atoms with Crippen LogP contribution in [0.15, 0.2) is 46.5 Å². The molecule has 0 saturated carbocycles. The van der Waals surface area contributed by atoms with Gasteiger partial charge < -0.3 is 0 Å². The molecule has 0 spiro atoms. The Morgan fingerprint density at radius 3 is 2.40 bits per heavy atom. The molecule has 3 nitrogen and oxygen atoms in total. The molecule has 0 aliphatic heterocycles. The highest BCUT2D eigenvalue weighted by Crippen LogP contribution is 2.16. The summed E-state index contributed by atoms with van der Waals surface area (Å²) in [4.78, 5) is 0.254. The van der Waals surface area contributed by atoms with Gasteiger partial charge in [-0.15, -0.1) is 12.2 Å². The van der Waals surface area contributed by atoms with Crippen molar-refractivity contribution in [1.29, 1.82) is 0 Å². The maximum absolute atomic E-state index is 12.5. The van der Waals surface area contributed by atoms with Gasteiger partial charge in [0.05, 0.1) is 11.4 Å². The van der Waals surface area contributed by atoms with Crippen LogP contribution in [0.5, 0.6) is 0 Å². The van der Waals surface area contributed by atoms with Gasteiger partial charge in [-0.3, -0.25) is 0 Å². The monoisotopic (exact) mass is 289 g/mol. The van der Waals surface area contributed by atoms with Gasteiger partial charge in [-0.25, -0.2) is 8.42 Å². The van der Waals surface area contributed by atoms with E-state index in [1.807, 2.05) is 20.8 Å². The lowest BCUT2D eigenvalue weighted by atomic mass is 10.2. The lowest BCUT2D eigenvalue weighted by Gasteiger charge is -2.18. The molecule has 0 unspecified atom stereocenters. The van der Waals surface area contributed by atoms with Crippen LogP contribution in [-0.4, -0.2) is 25.8 Å². The molecule has 20 heavy (non-hydrogen) atoms.